The van der Waals surface area contributed by atoms with Crippen LogP contribution in [0.3, 0.4) is 0 Å². The Labute approximate surface area is 147 Å². The second kappa shape index (κ2) is 5.80. The molecule has 2 N–H and O–H groups in total. The first kappa shape index (κ1) is 16.5. The Morgan fingerprint density at radius 3 is 2.96 bits per heavy atom. The van der Waals surface area contributed by atoms with E-state index in [9.17, 15) is 13.2 Å². The molecule has 1 aromatic heterocycles. The van der Waals surface area contributed by atoms with Gasteiger partial charge in [-0.05, 0) is 31.5 Å². The lowest BCUT2D eigenvalue weighted by Gasteiger charge is -2.33. The van der Waals surface area contributed by atoms with Crippen molar-refractivity contribution in [2.45, 2.75) is 31.4 Å². The number of hydrogen-bond donors (Lipinski definition) is 1. The molecule has 2 aromatic rings. The van der Waals surface area contributed by atoms with Gasteiger partial charge in [-0.15, -0.1) is 5.92 Å². The maximum atomic E-state index is 14.6. The van der Waals surface area contributed by atoms with Crippen LogP contribution in [-0.2, 0) is 10.3 Å². The molecule has 4 rings (SSSR count). The first-order chi connectivity index (χ1) is 12.5. The molecule has 1 saturated carbocycles. The van der Waals surface area contributed by atoms with Crippen molar-refractivity contribution in [1.29, 1.82) is 0 Å². The Balaban J connectivity index is 1.85. The van der Waals surface area contributed by atoms with Gasteiger partial charge in [0.1, 0.15) is 11.9 Å². The molecule has 1 fully saturated rings. The summed E-state index contributed by atoms with van der Waals surface area (Å²) in [6, 6.07) is 3.61. The molecule has 0 spiro atoms. The molecule has 134 valence electrons. The lowest BCUT2D eigenvalue weighted by Crippen LogP contribution is -2.43. The van der Waals surface area contributed by atoms with Crippen molar-refractivity contribution >= 4 is 6.02 Å². The zero-order valence-electron chi connectivity index (χ0n) is 13.8. The lowest BCUT2D eigenvalue weighted by molar-refractivity contribution is 0.0176. The first-order valence-electron chi connectivity index (χ1n) is 8.03. The van der Waals surface area contributed by atoms with E-state index in [-0.39, 0.29) is 11.6 Å². The minimum atomic E-state index is -2.93. The minimum absolute atomic E-state index is 0.206. The van der Waals surface area contributed by atoms with Crippen LogP contribution in [0.15, 0.2) is 35.6 Å². The standard InChI is InChI=1S/C18H15F3N4O/c1-2-3-10-8-23-25(9-10)11-4-5-14(19)12(6-11)18(16(20)21)13-7-15(13)26-17(22)24-18/h4-6,8-9,13,15-16H,7H2,1H3,(H2,22,24)/t13?,15-,18-/m1/s1. The summed E-state index contributed by atoms with van der Waals surface area (Å²) < 4.78 is 49.5. The van der Waals surface area contributed by atoms with Crippen LogP contribution >= 0.6 is 0 Å². The molecule has 0 amide bonds. The Kier molecular flexibility index (Phi) is 3.68. The van der Waals surface area contributed by atoms with E-state index in [0.717, 1.165) is 6.07 Å². The predicted octanol–water partition coefficient (Wildman–Crippen LogP) is 2.58. The van der Waals surface area contributed by atoms with Crippen LogP contribution in [0.4, 0.5) is 13.2 Å². The van der Waals surface area contributed by atoms with Gasteiger partial charge >= 0.3 is 0 Å². The maximum Gasteiger partial charge on any atom is 0.283 e. The highest BCUT2D eigenvalue weighted by molar-refractivity contribution is 5.74. The molecule has 1 unspecified atom stereocenters. The summed E-state index contributed by atoms with van der Waals surface area (Å²) in [5, 5.41) is 4.15. The number of rotatable bonds is 3. The number of fused-ring (bicyclic) bond motifs is 1. The molecule has 0 radical (unpaired) electrons. The number of benzene rings is 1. The number of alkyl halides is 2. The van der Waals surface area contributed by atoms with Gasteiger partial charge in [0.25, 0.3) is 12.4 Å². The summed E-state index contributed by atoms with van der Waals surface area (Å²) >= 11 is 0. The summed E-state index contributed by atoms with van der Waals surface area (Å²) in [6.07, 6.45) is 0.161. The fraction of sp³-hybridized carbons (Fsp3) is 0.333. The number of aromatic nitrogens is 2. The molecule has 2 heterocycles. The molecule has 5 nitrogen and oxygen atoms in total. The molecule has 0 bridgehead atoms. The van der Waals surface area contributed by atoms with Gasteiger partial charge < -0.3 is 10.5 Å². The van der Waals surface area contributed by atoms with E-state index in [2.05, 4.69) is 21.9 Å². The van der Waals surface area contributed by atoms with Gasteiger partial charge in [-0.25, -0.2) is 22.8 Å². The highest BCUT2D eigenvalue weighted by atomic mass is 19.3. The fourth-order valence-electron chi connectivity index (χ4n) is 3.44. The SMILES string of the molecule is CC#Cc1cnn(-c2ccc(F)c([C@@]3(C(F)F)N=C(N)O[C@@H]4CC43)c2)c1. The zero-order valence-corrected chi connectivity index (χ0v) is 13.8. The van der Waals surface area contributed by atoms with E-state index in [4.69, 9.17) is 10.5 Å². The van der Waals surface area contributed by atoms with Crippen molar-refractivity contribution in [3.63, 3.8) is 0 Å². The second-order valence-corrected chi connectivity index (χ2v) is 6.29. The van der Waals surface area contributed by atoms with Crippen molar-refractivity contribution in [2.24, 2.45) is 16.6 Å². The van der Waals surface area contributed by atoms with Crippen molar-refractivity contribution in [3.8, 4) is 17.5 Å². The van der Waals surface area contributed by atoms with Crippen molar-refractivity contribution < 1.29 is 17.9 Å². The topological polar surface area (TPSA) is 65.4 Å². The van der Waals surface area contributed by atoms with E-state index in [1.165, 1.54) is 16.8 Å². The van der Waals surface area contributed by atoms with Crippen LogP contribution in [0, 0.1) is 23.6 Å². The van der Waals surface area contributed by atoms with Gasteiger partial charge in [0.15, 0.2) is 5.54 Å². The van der Waals surface area contributed by atoms with Gasteiger partial charge in [-0.3, -0.25) is 0 Å². The number of nitrogens with zero attached hydrogens (tertiary/aromatic N) is 3. The number of halogens is 3. The van der Waals surface area contributed by atoms with E-state index in [1.807, 2.05) is 0 Å². The molecule has 0 saturated heterocycles. The maximum absolute atomic E-state index is 14.6. The summed E-state index contributed by atoms with van der Waals surface area (Å²) in [4.78, 5) is 3.87. The summed E-state index contributed by atoms with van der Waals surface area (Å²) in [5.74, 6) is 4.22. The van der Waals surface area contributed by atoms with Gasteiger partial charge in [-0.1, -0.05) is 5.92 Å². The number of amidine groups is 1. The predicted molar refractivity (Wildman–Crippen MR) is 88.4 cm³/mol. The van der Waals surface area contributed by atoms with E-state index >= 15 is 0 Å². The molecular weight excluding hydrogens is 345 g/mol. The summed E-state index contributed by atoms with van der Waals surface area (Å²) in [6.45, 7) is 1.69. The van der Waals surface area contributed by atoms with Crippen LogP contribution < -0.4 is 5.73 Å². The molecule has 1 aliphatic carbocycles. The van der Waals surface area contributed by atoms with Crippen LogP contribution in [0.25, 0.3) is 5.69 Å². The third-order valence-electron chi connectivity index (χ3n) is 4.70. The summed E-state index contributed by atoms with van der Waals surface area (Å²) in [7, 11) is 0. The largest absolute Gasteiger partial charge is 0.462 e. The van der Waals surface area contributed by atoms with E-state index in [0.29, 0.717) is 17.7 Å². The minimum Gasteiger partial charge on any atom is -0.462 e. The van der Waals surface area contributed by atoms with Crippen LogP contribution in [0.5, 0.6) is 0 Å². The third-order valence-corrected chi connectivity index (χ3v) is 4.70. The number of nitrogens with two attached hydrogens (primary N) is 1. The summed E-state index contributed by atoms with van der Waals surface area (Å²) in [5.41, 5.74) is 4.42. The fourth-order valence-corrected chi connectivity index (χ4v) is 3.44. The normalized spacial score (nSPS) is 26.4. The molecule has 2 aliphatic rings. The molecule has 1 aromatic carbocycles. The molecule has 26 heavy (non-hydrogen) atoms. The number of ether oxygens (including phenoxy) is 1. The average molecular weight is 360 g/mol. The zero-order chi connectivity index (χ0) is 18.5. The number of aliphatic imine (C=N–C) groups is 1. The van der Waals surface area contributed by atoms with E-state index < -0.39 is 29.8 Å². The van der Waals surface area contributed by atoms with Crippen molar-refractivity contribution in [2.75, 3.05) is 0 Å². The Hall–Kier alpha value is -2.95. The van der Waals surface area contributed by atoms with Crippen LogP contribution in [-0.4, -0.2) is 28.3 Å². The molecule has 3 atom stereocenters. The van der Waals surface area contributed by atoms with Crippen LogP contribution in [0.1, 0.15) is 24.5 Å². The number of hydrogen-bond acceptors (Lipinski definition) is 4. The third kappa shape index (κ3) is 2.43. The monoisotopic (exact) mass is 360 g/mol. The molecule has 8 heteroatoms. The lowest BCUT2D eigenvalue weighted by atomic mass is 9.84. The second-order valence-electron chi connectivity index (χ2n) is 6.29. The molecule has 1 aliphatic heterocycles. The van der Waals surface area contributed by atoms with Gasteiger partial charge in [0, 0.05) is 17.7 Å². The Morgan fingerprint density at radius 1 is 1.42 bits per heavy atom. The smallest absolute Gasteiger partial charge is 0.283 e. The van der Waals surface area contributed by atoms with Gasteiger partial charge in [0.05, 0.1) is 17.4 Å². The Morgan fingerprint density at radius 2 is 2.23 bits per heavy atom. The Bertz CT molecular complexity index is 959. The van der Waals surface area contributed by atoms with Gasteiger partial charge in [-0.2, -0.15) is 5.10 Å². The highest BCUT2D eigenvalue weighted by Crippen LogP contribution is 2.56. The van der Waals surface area contributed by atoms with E-state index in [1.54, 1.807) is 19.3 Å². The molecular formula is C18H15F3N4O. The highest BCUT2D eigenvalue weighted by Gasteiger charge is 2.64. The first-order valence-corrected chi connectivity index (χ1v) is 8.03. The van der Waals surface area contributed by atoms with Crippen molar-refractivity contribution in [1.82, 2.24) is 9.78 Å². The van der Waals surface area contributed by atoms with Crippen molar-refractivity contribution in [3.05, 3.63) is 47.5 Å². The van der Waals surface area contributed by atoms with Crippen LogP contribution in [0.2, 0.25) is 0 Å². The van der Waals surface area contributed by atoms with Gasteiger partial charge in [0.2, 0.25) is 0 Å². The average Bonchev–Trinajstić information content (AvgIpc) is 3.23. The quantitative estimate of drug-likeness (QED) is 0.856.